The fraction of sp³-hybridized carbons (Fsp3) is 0.906. The molecule has 18 atom stereocenters. The highest BCUT2D eigenvalue weighted by Crippen LogP contribution is 2.34. The van der Waals surface area contributed by atoms with Crippen LogP contribution < -0.4 is 45.0 Å². The van der Waals surface area contributed by atoms with Crippen molar-refractivity contribution in [2.75, 3.05) is 32.8 Å². The Labute approximate surface area is 315 Å². The number of halogens is 2. The molecule has 318 valence electrons. The molecule has 0 aromatic carbocycles. The van der Waals surface area contributed by atoms with Gasteiger partial charge in [0, 0.05) is 25.2 Å². The highest BCUT2D eigenvalue weighted by molar-refractivity contribution is 5.82. The molecular weight excluding hydrogens is 742 g/mol. The van der Waals surface area contributed by atoms with Gasteiger partial charge in [-0.25, -0.2) is 8.78 Å². The Hall–Kier alpha value is -1.69. The molecule has 1 amide bonds. The van der Waals surface area contributed by atoms with Crippen LogP contribution in [0, 0.1) is 5.92 Å². The van der Waals surface area contributed by atoms with Crippen molar-refractivity contribution in [3.05, 3.63) is 12.2 Å². The van der Waals surface area contributed by atoms with Crippen LogP contribution in [0.3, 0.4) is 0 Å². The third-order valence-corrected chi connectivity index (χ3v) is 10.8. The molecule has 5 aliphatic rings. The fourth-order valence-electron chi connectivity index (χ4n) is 7.42. The third-order valence-electron chi connectivity index (χ3n) is 10.8. The minimum Gasteiger partial charge on any atom is -0.394 e. The van der Waals surface area contributed by atoms with E-state index in [1.54, 1.807) is 12.2 Å². The lowest BCUT2D eigenvalue weighted by Gasteiger charge is -2.46. The van der Waals surface area contributed by atoms with Crippen molar-refractivity contribution in [2.24, 2.45) is 40.3 Å². The number of carbonyl (C=O) groups excluding carboxylic acids is 1. The summed E-state index contributed by atoms with van der Waals surface area (Å²) >= 11 is 0. The van der Waals surface area contributed by atoms with Crippen LogP contribution in [0.4, 0.5) is 8.78 Å². The van der Waals surface area contributed by atoms with Crippen LogP contribution in [-0.4, -0.2) is 191 Å². The first-order chi connectivity index (χ1) is 26.0. The van der Waals surface area contributed by atoms with Crippen LogP contribution in [-0.2, 0) is 33.2 Å². The number of aliphatic hydroxyl groups is 6. The van der Waals surface area contributed by atoms with E-state index in [9.17, 15) is 44.2 Å². The molecule has 55 heavy (non-hydrogen) atoms. The van der Waals surface area contributed by atoms with Gasteiger partial charge in [0.05, 0.1) is 37.4 Å². The summed E-state index contributed by atoms with van der Waals surface area (Å²) in [5.74, 6) is -5.10. The van der Waals surface area contributed by atoms with Gasteiger partial charge in [-0.1, -0.05) is 12.2 Å². The molecule has 0 bridgehead atoms. The maximum atomic E-state index is 14.1. The second kappa shape index (κ2) is 18.9. The average Bonchev–Trinajstić information content (AvgIpc) is 3.44. The molecule has 4 fully saturated rings. The summed E-state index contributed by atoms with van der Waals surface area (Å²) in [5.41, 5.74) is 35.4. The highest BCUT2D eigenvalue weighted by Gasteiger charge is 2.54. The zero-order valence-electron chi connectivity index (χ0n) is 30.1. The zero-order chi connectivity index (χ0) is 40.4. The number of amides is 1. The van der Waals surface area contributed by atoms with Crippen molar-refractivity contribution < 1.29 is 72.6 Å². The summed E-state index contributed by atoms with van der Waals surface area (Å²) in [7, 11) is 0. The lowest BCUT2D eigenvalue weighted by atomic mass is 9.81. The second-order valence-corrected chi connectivity index (χ2v) is 15.0. The topological polar surface area (TPSA) is 374 Å². The quantitative estimate of drug-likeness (QED) is 0.0645. The first-order valence-electron chi connectivity index (χ1n) is 18.4. The number of nitrogens with two attached hydrogens (primary N) is 6. The monoisotopic (exact) mass is 800 g/mol. The molecule has 5 rings (SSSR count). The Balaban J connectivity index is 1.32. The standard InChI is InChI=1S/C32H58F2N8O13/c33-32(34,10-36)27(48)28(49)42-16-5-15(39)24(53-29-14(38)2-1-13(50-29)8-41-7-11-3-12(37)4-11)26(20(16)44)55-31-23(47)25(18(9-43)52-31)54-30-19(40)22(46)21(45)17(6-35)51-30/h1-2,11-27,29-31,41,43-48H,3-10,35-40H2,(H,42,49)/t11?,12?,13-,14+,15-,16+,17-,18+,19+,20-,21+,22+,23+,24+,25+,26+,27+,29+,30+,31-/m0/s1. The molecule has 3 heterocycles. The van der Waals surface area contributed by atoms with Crippen LogP contribution >= 0.6 is 0 Å². The van der Waals surface area contributed by atoms with Crippen molar-refractivity contribution in [3.8, 4) is 0 Å². The second-order valence-electron chi connectivity index (χ2n) is 15.0. The average molecular weight is 801 g/mol. The highest BCUT2D eigenvalue weighted by atomic mass is 19.3. The van der Waals surface area contributed by atoms with Gasteiger partial charge in [-0.2, -0.15) is 0 Å². The smallest absolute Gasteiger partial charge is 0.294 e. The Morgan fingerprint density at radius 3 is 2.11 bits per heavy atom. The number of aliphatic hydroxyl groups excluding tert-OH is 6. The molecule has 21 nitrogen and oxygen atoms in total. The largest absolute Gasteiger partial charge is 0.394 e. The first kappa shape index (κ1) is 44.4. The minimum absolute atomic E-state index is 0.199. The van der Waals surface area contributed by atoms with Gasteiger partial charge >= 0.3 is 0 Å². The Morgan fingerprint density at radius 2 is 1.47 bits per heavy atom. The predicted molar refractivity (Wildman–Crippen MR) is 184 cm³/mol. The van der Waals surface area contributed by atoms with Crippen molar-refractivity contribution in [1.29, 1.82) is 0 Å². The van der Waals surface area contributed by atoms with Crippen LogP contribution in [0.25, 0.3) is 0 Å². The fourth-order valence-corrected chi connectivity index (χ4v) is 7.42. The number of alkyl halides is 2. The Morgan fingerprint density at radius 1 is 0.818 bits per heavy atom. The predicted octanol–water partition coefficient (Wildman–Crippen LogP) is -7.58. The van der Waals surface area contributed by atoms with Gasteiger partial charge in [-0.3, -0.25) is 4.79 Å². The number of hydrogen-bond acceptors (Lipinski definition) is 20. The number of carbonyl (C=O) groups is 1. The maximum absolute atomic E-state index is 14.1. The zero-order valence-corrected chi connectivity index (χ0v) is 30.1. The van der Waals surface area contributed by atoms with Gasteiger partial charge < -0.3 is 104 Å². The maximum Gasteiger partial charge on any atom is 0.294 e. The van der Waals surface area contributed by atoms with E-state index in [1.165, 1.54) is 0 Å². The summed E-state index contributed by atoms with van der Waals surface area (Å²) in [5, 5.41) is 69.3. The van der Waals surface area contributed by atoms with Crippen molar-refractivity contribution in [3.63, 3.8) is 0 Å². The summed E-state index contributed by atoms with van der Waals surface area (Å²) in [4.78, 5) is 12.7. The van der Waals surface area contributed by atoms with E-state index in [1.807, 2.05) is 0 Å². The van der Waals surface area contributed by atoms with Crippen LogP contribution in [0.2, 0.25) is 0 Å². The van der Waals surface area contributed by atoms with E-state index in [0.29, 0.717) is 12.5 Å². The summed E-state index contributed by atoms with van der Waals surface area (Å²) in [6, 6.07) is -4.49. The number of nitrogens with one attached hydrogen (secondary N) is 2. The van der Waals surface area contributed by atoms with Crippen molar-refractivity contribution in [1.82, 2.24) is 10.6 Å². The molecule has 0 radical (unpaired) electrons. The molecule has 23 heteroatoms. The molecule has 2 saturated heterocycles. The van der Waals surface area contributed by atoms with E-state index < -0.39 is 135 Å². The lowest BCUT2D eigenvalue weighted by Crippen LogP contribution is -2.67. The lowest BCUT2D eigenvalue weighted by molar-refractivity contribution is -0.284. The van der Waals surface area contributed by atoms with Crippen molar-refractivity contribution >= 4 is 5.91 Å². The third kappa shape index (κ3) is 10.1. The number of hydrogen-bond donors (Lipinski definition) is 14. The molecule has 2 saturated carbocycles. The molecule has 0 spiro atoms. The number of ether oxygens (including phenoxy) is 6. The molecular formula is C32H58F2N8O13. The summed E-state index contributed by atoms with van der Waals surface area (Å²) < 4.78 is 63.9. The van der Waals surface area contributed by atoms with Crippen LogP contribution in [0.1, 0.15) is 19.3 Å². The molecule has 0 aromatic rings. The van der Waals surface area contributed by atoms with Crippen LogP contribution in [0.15, 0.2) is 12.2 Å². The van der Waals surface area contributed by atoms with Gasteiger partial charge in [-0.05, 0) is 31.7 Å². The summed E-state index contributed by atoms with van der Waals surface area (Å²) in [6.45, 7) is -1.17. The van der Waals surface area contributed by atoms with Gasteiger partial charge in [-0.15, -0.1) is 0 Å². The van der Waals surface area contributed by atoms with E-state index in [-0.39, 0.29) is 19.0 Å². The van der Waals surface area contributed by atoms with Gasteiger partial charge in [0.1, 0.15) is 54.9 Å². The SMILES string of the molecule is NC[C@@H]1O[C@H](O[C@H]2[C@@H](O)[C@H](O[C@@H]3[C@@H](O)[C@H](NC(=O)[C@@H](O)C(F)(F)CN)C[C@H](N)[C@H]3O[C@H]3O[C@H](CNCC4CC(N)C4)C=C[C@H]3N)O[C@@H]2CO)[C@H](N)[C@@H](O)[C@@H]1O. The van der Waals surface area contributed by atoms with Gasteiger partial charge in [0.2, 0.25) is 0 Å². The van der Waals surface area contributed by atoms with Crippen LogP contribution in [0.5, 0.6) is 0 Å². The Kier molecular flexibility index (Phi) is 15.3. The molecule has 20 N–H and O–H groups in total. The van der Waals surface area contributed by atoms with Crippen molar-refractivity contribution in [2.45, 2.75) is 141 Å². The normalized spacial score (nSPS) is 45.6. The minimum atomic E-state index is -4.00. The molecule has 3 aliphatic heterocycles. The molecule has 0 unspecified atom stereocenters. The van der Waals surface area contributed by atoms with E-state index in [2.05, 4.69) is 10.6 Å². The first-order valence-corrected chi connectivity index (χ1v) is 18.4. The summed E-state index contributed by atoms with van der Waals surface area (Å²) in [6.07, 6.45) is -16.0. The van der Waals surface area contributed by atoms with Gasteiger partial charge in [0.25, 0.3) is 11.8 Å². The van der Waals surface area contributed by atoms with E-state index in [0.717, 1.165) is 19.4 Å². The molecule has 0 aromatic heterocycles. The number of rotatable bonds is 16. The van der Waals surface area contributed by atoms with E-state index >= 15 is 0 Å². The van der Waals surface area contributed by atoms with E-state index in [4.69, 9.17) is 62.8 Å². The molecule has 2 aliphatic carbocycles. The van der Waals surface area contributed by atoms with Gasteiger partial charge in [0.15, 0.2) is 25.0 Å². The Bertz CT molecular complexity index is 1280.